The van der Waals surface area contributed by atoms with Gasteiger partial charge in [-0.25, -0.2) is 4.39 Å². The van der Waals surface area contributed by atoms with E-state index in [0.717, 1.165) is 45.3 Å². The van der Waals surface area contributed by atoms with Crippen molar-refractivity contribution < 1.29 is 19.1 Å². The number of ketones is 1. The third kappa shape index (κ3) is 6.67. The van der Waals surface area contributed by atoms with Gasteiger partial charge in [0.2, 0.25) is 0 Å². The first kappa shape index (κ1) is 28.2. The molecule has 1 atom stereocenters. The van der Waals surface area contributed by atoms with Gasteiger partial charge in [-0.3, -0.25) is 9.59 Å². The molecule has 1 saturated heterocycles. The number of hydrogen-bond donors (Lipinski definition) is 1. The molecule has 0 radical (unpaired) electrons. The monoisotopic (exact) mass is 534 g/mol. The molecule has 194 valence electrons. The van der Waals surface area contributed by atoms with Crippen LogP contribution < -0.4 is 0 Å². The largest absolute Gasteiger partial charge is 0.507 e. The fourth-order valence-electron chi connectivity index (χ4n) is 4.48. The third-order valence-electron chi connectivity index (χ3n) is 6.44. The van der Waals surface area contributed by atoms with Crippen molar-refractivity contribution in [2.75, 3.05) is 26.2 Å². The topological polar surface area (TPSA) is 60.9 Å². The zero-order chi connectivity index (χ0) is 26.2. The number of unbranched alkanes of at least 4 members (excludes halogenated alkanes) is 2. The number of aliphatic hydroxyl groups excluding tert-OH is 1. The highest BCUT2D eigenvalue weighted by Gasteiger charge is 2.46. The second kappa shape index (κ2) is 13.2. The van der Waals surface area contributed by atoms with E-state index >= 15 is 0 Å². The number of rotatable bonds is 12. The number of halogens is 3. The number of carbonyl (C=O) groups excluding carboxylic acids is 2. The molecule has 1 fully saturated rings. The molecule has 3 rings (SSSR count). The molecule has 1 aliphatic heterocycles. The van der Waals surface area contributed by atoms with E-state index in [2.05, 4.69) is 18.7 Å². The van der Waals surface area contributed by atoms with E-state index in [1.54, 1.807) is 18.2 Å². The SMILES string of the molecule is CCCCN(CCCC)CCCN1C(=O)C(=O)C(=C(O)c2ccc(F)cc2)C1c1ccc(Cl)cc1Cl. The Labute approximate surface area is 222 Å². The Morgan fingerprint density at radius 1 is 0.972 bits per heavy atom. The molecule has 0 spiro atoms. The fourth-order valence-corrected chi connectivity index (χ4v) is 5.00. The molecule has 5 nitrogen and oxygen atoms in total. The first-order valence-corrected chi connectivity index (χ1v) is 13.3. The average molecular weight is 535 g/mol. The minimum atomic E-state index is -0.875. The summed E-state index contributed by atoms with van der Waals surface area (Å²) in [5.74, 6) is -2.32. The molecule has 1 N–H and O–H groups in total. The molecule has 0 bridgehead atoms. The van der Waals surface area contributed by atoms with Crippen molar-refractivity contribution >= 4 is 40.7 Å². The minimum Gasteiger partial charge on any atom is -0.507 e. The van der Waals surface area contributed by atoms with Gasteiger partial charge in [-0.15, -0.1) is 0 Å². The molecule has 0 saturated carbocycles. The highest BCUT2D eigenvalue weighted by Crippen LogP contribution is 2.42. The van der Waals surface area contributed by atoms with E-state index in [1.165, 1.54) is 29.2 Å². The van der Waals surface area contributed by atoms with Crippen LogP contribution in [-0.2, 0) is 9.59 Å². The van der Waals surface area contributed by atoms with Crippen molar-refractivity contribution in [3.8, 4) is 0 Å². The van der Waals surface area contributed by atoms with Gasteiger partial charge in [-0.2, -0.15) is 0 Å². The zero-order valence-corrected chi connectivity index (χ0v) is 22.3. The number of Topliss-reactive ketones (excluding diaryl/α,β-unsaturated/α-hetero) is 1. The van der Waals surface area contributed by atoms with E-state index in [0.29, 0.717) is 23.6 Å². The summed E-state index contributed by atoms with van der Waals surface area (Å²) in [7, 11) is 0. The molecule has 36 heavy (non-hydrogen) atoms. The van der Waals surface area contributed by atoms with E-state index in [-0.39, 0.29) is 21.9 Å². The van der Waals surface area contributed by atoms with E-state index in [4.69, 9.17) is 23.2 Å². The van der Waals surface area contributed by atoms with Gasteiger partial charge in [0, 0.05) is 22.2 Å². The molecular formula is C28H33Cl2FN2O3. The van der Waals surface area contributed by atoms with Crippen molar-refractivity contribution in [3.63, 3.8) is 0 Å². The van der Waals surface area contributed by atoms with Crippen LogP contribution in [0, 0.1) is 5.82 Å². The number of carbonyl (C=O) groups is 2. The maximum absolute atomic E-state index is 13.5. The predicted molar refractivity (Wildman–Crippen MR) is 143 cm³/mol. The summed E-state index contributed by atoms with van der Waals surface area (Å²) in [6.07, 6.45) is 5.09. The van der Waals surface area contributed by atoms with Gasteiger partial charge in [-0.1, -0.05) is 56.0 Å². The van der Waals surface area contributed by atoms with Crippen LogP contribution in [0.1, 0.15) is 63.1 Å². The molecule has 1 unspecified atom stereocenters. The maximum atomic E-state index is 13.5. The Morgan fingerprint density at radius 3 is 2.17 bits per heavy atom. The molecule has 0 aliphatic carbocycles. The van der Waals surface area contributed by atoms with Gasteiger partial charge in [0.05, 0.1) is 11.6 Å². The minimum absolute atomic E-state index is 0.0651. The average Bonchev–Trinajstić information content (AvgIpc) is 3.10. The van der Waals surface area contributed by atoms with Crippen LogP contribution in [0.25, 0.3) is 5.76 Å². The Hall–Kier alpha value is -2.41. The van der Waals surface area contributed by atoms with Crippen LogP contribution in [0.15, 0.2) is 48.0 Å². The quantitative estimate of drug-likeness (QED) is 0.184. The second-order valence-electron chi connectivity index (χ2n) is 9.07. The first-order valence-electron chi connectivity index (χ1n) is 12.5. The van der Waals surface area contributed by atoms with Crippen molar-refractivity contribution in [2.45, 2.75) is 52.0 Å². The number of hydrogen-bond acceptors (Lipinski definition) is 4. The summed E-state index contributed by atoms with van der Waals surface area (Å²) in [6, 6.07) is 9.11. The number of nitrogens with zero attached hydrogens (tertiary/aromatic N) is 2. The van der Waals surface area contributed by atoms with E-state index < -0.39 is 23.5 Å². The van der Waals surface area contributed by atoms with Crippen LogP contribution in [0.5, 0.6) is 0 Å². The fraction of sp³-hybridized carbons (Fsp3) is 0.429. The molecule has 2 aromatic rings. The summed E-state index contributed by atoms with van der Waals surface area (Å²) >= 11 is 12.6. The van der Waals surface area contributed by atoms with Crippen LogP contribution in [0.3, 0.4) is 0 Å². The Balaban J connectivity index is 1.95. The lowest BCUT2D eigenvalue weighted by Crippen LogP contribution is -2.34. The lowest BCUT2D eigenvalue weighted by molar-refractivity contribution is -0.140. The predicted octanol–water partition coefficient (Wildman–Crippen LogP) is 6.85. The molecule has 1 aliphatic rings. The van der Waals surface area contributed by atoms with Gasteiger partial charge >= 0.3 is 0 Å². The van der Waals surface area contributed by atoms with Gasteiger partial charge in [0.25, 0.3) is 11.7 Å². The van der Waals surface area contributed by atoms with Crippen molar-refractivity contribution in [3.05, 3.63) is 75.0 Å². The summed E-state index contributed by atoms with van der Waals surface area (Å²) in [5.41, 5.74) is 0.678. The van der Waals surface area contributed by atoms with Crippen LogP contribution >= 0.6 is 23.2 Å². The van der Waals surface area contributed by atoms with Crippen molar-refractivity contribution in [1.82, 2.24) is 9.80 Å². The number of aliphatic hydroxyl groups is 1. The summed E-state index contributed by atoms with van der Waals surface area (Å²) in [6.45, 7) is 7.42. The maximum Gasteiger partial charge on any atom is 0.295 e. The molecular weight excluding hydrogens is 502 g/mol. The number of benzene rings is 2. The number of amides is 1. The summed E-state index contributed by atoms with van der Waals surface area (Å²) < 4.78 is 13.5. The second-order valence-corrected chi connectivity index (χ2v) is 9.91. The van der Waals surface area contributed by atoms with Gasteiger partial charge in [0.1, 0.15) is 11.6 Å². The number of likely N-dealkylation sites (tertiary alicyclic amines) is 1. The third-order valence-corrected chi connectivity index (χ3v) is 7.01. The molecule has 1 heterocycles. The Bertz CT molecular complexity index is 1100. The summed E-state index contributed by atoms with van der Waals surface area (Å²) in [5, 5.41) is 11.8. The summed E-state index contributed by atoms with van der Waals surface area (Å²) in [4.78, 5) is 30.2. The molecule has 1 amide bonds. The van der Waals surface area contributed by atoms with Gasteiger partial charge < -0.3 is 14.9 Å². The zero-order valence-electron chi connectivity index (χ0n) is 20.8. The highest BCUT2D eigenvalue weighted by atomic mass is 35.5. The van der Waals surface area contributed by atoms with Crippen LogP contribution in [0.2, 0.25) is 10.0 Å². The standard InChI is InChI=1S/C28H33Cl2FN2O3/c1-3-5-14-32(15-6-4-2)16-7-17-33-25(22-13-10-20(29)18-23(22)30)24(27(35)28(33)36)26(34)19-8-11-21(31)12-9-19/h8-13,18,25,34H,3-7,14-17H2,1-2H3. The lowest BCUT2D eigenvalue weighted by atomic mass is 9.95. The van der Waals surface area contributed by atoms with Crippen LogP contribution in [0.4, 0.5) is 4.39 Å². The van der Waals surface area contributed by atoms with E-state index in [1.807, 2.05) is 0 Å². The smallest absolute Gasteiger partial charge is 0.295 e. The van der Waals surface area contributed by atoms with Crippen LogP contribution in [-0.4, -0.2) is 52.8 Å². The molecule has 8 heteroatoms. The Morgan fingerprint density at radius 2 is 1.58 bits per heavy atom. The van der Waals surface area contributed by atoms with Gasteiger partial charge in [0.15, 0.2) is 0 Å². The normalized spacial score (nSPS) is 17.4. The lowest BCUT2D eigenvalue weighted by Gasteiger charge is -2.28. The molecule has 2 aromatic carbocycles. The highest BCUT2D eigenvalue weighted by molar-refractivity contribution is 6.47. The van der Waals surface area contributed by atoms with Crippen molar-refractivity contribution in [2.24, 2.45) is 0 Å². The first-order chi connectivity index (χ1) is 17.3. The van der Waals surface area contributed by atoms with Crippen molar-refractivity contribution in [1.29, 1.82) is 0 Å². The Kier molecular flexibility index (Phi) is 10.3. The van der Waals surface area contributed by atoms with E-state index in [9.17, 15) is 19.1 Å². The molecule has 0 aromatic heterocycles. The van der Waals surface area contributed by atoms with Gasteiger partial charge in [-0.05, 0) is 80.9 Å².